The van der Waals surface area contributed by atoms with E-state index in [2.05, 4.69) is 25.7 Å². The van der Waals surface area contributed by atoms with Crippen LogP contribution in [0, 0.1) is 6.92 Å². The molecule has 0 atom stereocenters. The summed E-state index contributed by atoms with van der Waals surface area (Å²) < 4.78 is 3.61. The predicted octanol–water partition coefficient (Wildman–Crippen LogP) is 3.29. The average molecular weight is 417 g/mol. The number of nitrogens with one attached hydrogen (secondary N) is 2. The molecule has 10 heteroatoms. The number of rotatable bonds is 4. The monoisotopic (exact) mass is 417 g/mol. The number of fused-ring (bicyclic) bond motifs is 1. The third kappa shape index (κ3) is 3.33. The molecule has 30 heavy (non-hydrogen) atoms. The van der Waals surface area contributed by atoms with E-state index < -0.39 is 5.91 Å². The van der Waals surface area contributed by atoms with Crippen LogP contribution in [-0.4, -0.2) is 35.3 Å². The maximum atomic E-state index is 11.8. The zero-order valence-corrected chi connectivity index (χ0v) is 16.6. The number of aromatic nitrogens is 5. The summed E-state index contributed by atoms with van der Waals surface area (Å²) in [6.07, 6.45) is 8.68. The van der Waals surface area contributed by atoms with Crippen molar-refractivity contribution >= 4 is 46.1 Å². The highest BCUT2D eigenvalue weighted by Gasteiger charge is 2.25. The Bertz CT molecular complexity index is 1340. The van der Waals surface area contributed by atoms with Crippen LogP contribution >= 0.6 is 11.8 Å². The Morgan fingerprint density at radius 2 is 2.10 bits per heavy atom. The van der Waals surface area contributed by atoms with Crippen molar-refractivity contribution < 1.29 is 9.59 Å². The Hall–Kier alpha value is -3.92. The van der Waals surface area contributed by atoms with Gasteiger partial charge in [0.15, 0.2) is 5.65 Å². The number of anilines is 2. The molecule has 0 aliphatic carbocycles. The Morgan fingerprint density at radius 3 is 2.87 bits per heavy atom. The zero-order chi connectivity index (χ0) is 20.7. The molecule has 0 radical (unpaired) electrons. The van der Waals surface area contributed by atoms with Crippen LogP contribution in [0.2, 0.25) is 0 Å². The molecule has 0 bridgehead atoms. The van der Waals surface area contributed by atoms with Gasteiger partial charge < -0.3 is 9.88 Å². The predicted molar refractivity (Wildman–Crippen MR) is 114 cm³/mol. The maximum absolute atomic E-state index is 11.8. The molecule has 0 saturated carbocycles. The molecule has 4 aromatic rings. The van der Waals surface area contributed by atoms with Crippen LogP contribution < -0.4 is 10.6 Å². The van der Waals surface area contributed by atoms with Crippen LogP contribution in [0.3, 0.4) is 0 Å². The quantitative estimate of drug-likeness (QED) is 0.491. The van der Waals surface area contributed by atoms with Crippen molar-refractivity contribution in [2.45, 2.75) is 6.92 Å². The van der Waals surface area contributed by atoms with Gasteiger partial charge in [-0.1, -0.05) is 6.07 Å². The molecule has 3 aromatic heterocycles. The molecule has 1 aliphatic heterocycles. The summed E-state index contributed by atoms with van der Waals surface area (Å²) >= 11 is 0.862. The molecule has 9 nitrogen and oxygen atoms in total. The molecule has 1 aromatic carbocycles. The van der Waals surface area contributed by atoms with Gasteiger partial charge in [0.25, 0.3) is 11.1 Å². The molecule has 2 amide bonds. The number of benzene rings is 1. The summed E-state index contributed by atoms with van der Waals surface area (Å²) in [4.78, 5) is 32.4. The topological polar surface area (TPSA) is 106 Å². The normalized spacial score (nSPS) is 15.2. The van der Waals surface area contributed by atoms with Gasteiger partial charge in [-0.15, -0.1) is 0 Å². The molecule has 0 unspecified atom stereocenters. The smallest absolute Gasteiger partial charge is 0.290 e. The zero-order valence-electron chi connectivity index (χ0n) is 15.7. The SMILES string of the molecule is Cc1nccn1-c1cccc(Nc2ccn3ncc(C=C4SC(=O)NC4=O)c3n2)c1. The van der Waals surface area contributed by atoms with Crippen LogP contribution in [0.5, 0.6) is 0 Å². The highest BCUT2D eigenvalue weighted by Crippen LogP contribution is 2.27. The molecular weight excluding hydrogens is 402 g/mol. The minimum atomic E-state index is -0.412. The number of hydrogen-bond acceptors (Lipinski definition) is 7. The summed E-state index contributed by atoms with van der Waals surface area (Å²) in [5, 5.41) is 9.41. The molecular formula is C20H15N7O2S. The van der Waals surface area contributed by atoms with Crippen LogP contribution in [0.1, 0.15) is 11.4 Å². The van der Waals surface area contributed by atoms with Crippen LogP contribution in [0.4, 0.5) is 16.3 Å². The van der Waals surface area contributed by atoms with E-state index in [9.17, 15) is 9.59 Å². The van der Waals surface area contributed by atoms with E-state index in [0.717, 1.165) is 29.0 Å². The molecule has 148 valence electrons. The van der Waals surface area contributed by atoms with Crippen molar-refractivity contribution in [3.05, 3.63) is 71.4 Å². The number of thioether (sulfide) groups is 1. The van der Waals surface area contributed by atoms with E-state index in [1.54, 1.807) is 29.2 Å². The fraction of sp³-hybridized carbons (Fsp3) is 0.0500. The van der Waals surface area contributed by atoms with Crippen molar-refractivity contribution in [2.24, 2.45) is 0 Å². The van der Waals surface area contributed by atoms with Gasteiger partial charge in [0.05, 0.1) is 11.1 Å². The summed E-state index contributed by atoms with van der Waals surface area (Å²) in [6, 6.07) is 9.73. The number of carbonyl (C=O) groups excluding carboxylic acids is 2. The molecule has 1 saturated heterocycles. The van der Waals surface area contributed by atoms with Gasteiger partial charge in [0.1, 0.15) is 11.6 Å². The van der Waals surface area contributed by atoms with E-state index in [-0.39, 0.29) is 5.24 Å². The maximum Gasteiger partial charge on any atom is 0.290 e. The van der Waals surface area contributed by atoms with Gasteiger partial charge in [-0.2, -0.15) is 5.10 Å². The molecule has 4 heterocycles. The number of amides is 2. The Balaban J connectivity index is 1.46. The first-order chi connectivity index (χ1) is 14.6. The summed E-state index contributed by atoms with van der Waals surface area (Å²) in [5.41, 5.74) is 3.07. The van der Waals surface area contributed by atoms with E-state index in [1.807, 2.05) is 48.0 Å². The van der Waals surface area contributed by atoms with Crippen LogP contribution in [0.25, 0.3) is 17.4 Å². The van der Waals surface area contributed by atoms with E-state index >= 15 is 0 Å². The summed E-state index contributed by atoms with van der Waals surface area (Å²) in [6.45, 7) is 1.95. The molecule has 0 spiro atoms. The number of carbonyl (C=O) groups is 2. The second-order valence-electron chi connectivity index (χ2n) is 6.55. The van der Waals surface area contributed by atoms with Crippen molar-refractivity contribution in [3.8, 4) is 5.69 Å². The lowest BCUT2D eigenvalue weighted by atomic mass is 10.2. The van der Waals surface area contributed by atoms with Crippen LogP contribution in [0.15, 0.2) is 60.0 Å². The first-order valence-corrected chi connectivity index (χ1v) is 9.85. The lowest BCUT2D eigenvalue weighted by Gasteiger charge is -2.10. The van der Waals surface area contributed by atoms with Gasteiger partial charge in [0.2, 0.25) is 0 Å². The standard InChI is InChI=1S/C20H15N7O2S/c1-12-21-6-8-26(12)15-4-2-3-14(10-15)23-17-5-7-27-18(24-17)13(11-22-27)9-16-19(28)25-20(29)30-16/h2-11H,1H3,(H,23,24)(H,25,28,29). The number of nitrogens with zero attached hydrogens (tertiary/aromatic N) is 5. The highest BCUT2D eigenvalue weighted by molar-refractivity contribution is 8.18. The Morgan fingerprint density at radius 1 is 1.20 bits per heavy atom. The number of imide groups is 1. The lowest BCUT2D eigenvalue weighted by molar-refractivity contribution is -0.115. The van der Waals surface area contributed by atoms with Crippen molar-refractivity contribution in [2.75, 3.05) is 5.32 Å². The first kappa shape index (κ1) is 18.1. The van der Waals surface area contributed by atoms with Crippen molar-refractivity contribution in [3.63, 3.8) is 0 Å². The van der Waals surface area contributed by atoms with Crippen molar-refractivity contribution in [1.29, 1.82) is 0 Å². The first-order valence-electron chi connectivity index (χ1n) is 9.03. The highest BCUT2D eigenvalue weighted by atomic mass is 32.2. The number of imidazole rings is 1. The second kappa shape index (κ2) is 7.16. The molecule has 2 N–H and O–H groups in total. The second-order valence-corrected chi connectivity index (χ2v) is 7.57. The van der Waals surface area contributed by atoms with Crippen molar-refractivity contribution in [1.82, 2.24) is 29.5 Å². The van der Waals surface area contributed by atoms with Gasteiger partial charge in [-0.3, -0.25) is 14.9 Å². The average Bonchev–Trinajstić information content (AvgIpc) is 3.42. The van der Waals surface area contributed by atoms with Gasteiger partial charge in [0, 0.05) is 35.5 Å². The minimum Gasteiger partial charge on any atom is -0.340 e. The largest absolute Gasteiger partial charge is 0.340 e. The van der Waals surface area contributed by atoms with E-state index in [1.165, 1.54) is 0 Å². The minimum absolute atomic E-state index is 0.318. The van der Waals surface area contributed by atoms with Gasteiger partial charge in [-0.25, -0.2) is 14.5 Å². The fourth-order valence-electron chi connectivity index (χ4n) is 3.15. The van der Waals surface area contributed by atoms with Gasteiger partial charge in [-0.05, 0) is 49.0 Å². The third-order valence-corrected chi connectivity index (χ3v) is 5.36. The molecule has 1 fully saturated rings. The van der Waals surface area contributed by atoms with Gasteiger partial charge >= 0.3 is 0 Å². The summed E-state index contributed by atoms with van der Waals surface area (Å²) in [7, 11) is 0. The number of hydrogen-bond donors (Lipinski definition) is 2. The Labute approximate surface area is 174 Å². The summed E-state index contributed by atoms with van der Waals surface area (Å²) in [5.74, 6) is 1.11. The van der Waals surface area contributed by atoms with E-state index in [0.29, 0.717) is 21.9 Å². The third-order valence-electron chi connectivity index (χ3n) is 4.55. The van der Waals surface area contributed by atoms with Crippen LogP contribution in [-0.2, 0) is 4.79 Å². The molecule has 1 aliphatic rings. The fourth-order valence-corrected chi connectivity index (χ4v) is 3.83. The lowest BCUT2D eigenvalue weighted by Crippen LogP contribution is -2.17. The number of aryl methyl sites for hydroxylation is 1. The van der Waals surface area contributed by atoms with E-state index in [4.69, 9.17) is 0 Å². The molecule has 5 rings (SSSR count). The Kier molecular flexibility index (Phi) is 4.32.